The Kier molecular flexibility index (Phi) is 10.5. The number of para-hydroxylation sites is 2. The van der Waals surface area contributed by atoms with Gasteiger partial charge < -0.3 is 9.13 Å². The first kappa shape index (κ1) is 42.5. The van der Waals surface area contributed by atoms with E-state index in [0.717, 1.165) is 6.42 Å². The third-order valence-corrected chi connectivity index (χ3v) is 17.3. The Balaban J connectivity index is 0.667. The van der Waals surface area contributed by atoms with E-state index in [0.29, 0.717) is 5.25 Å². The summed E-state index contributed by atoms with van der Waals surface area (Å²) < 4.78 is 4.79. The average molecular weight is 955 g/mol. The van der Waals surface area contributed by atoms with Gasteiger partial charge in [0.15, 0.2) is 0 Å². The molecule has 1 atom stereocenters. The Morgan fingerprint density at radius 3 is 1.21 bits per heavy atom. The van der Waals surface area contributed by atoms with Gasteiger partial charge in [0.1, 0.15) is 0 Å². The molecule has 1 aliphatic heterocycles. The number of nitrogens with zero attached hydrogens (tertiary/aromatic N) is 2. The van der Waals surface area contributed by atoms with Gasteiger partial charge in [0.25, 0.3) is 0 Å². The quantitative estimate of drug-likeness (QED) is 0.140. The number of hydrogen-bond donors (Lipinski definition) is 0. The molecule has 340 valence electrons. The van der Waals surface area contributed by atoms with Crippen LogP contribution >= 0.6 is 23.1 Å². The van der Waals surface area contributed by atoms with E-state index in [9.17, 15) is 0 Å². The largest absolute Gasteiger partial charge is 0.309 e. The second-order valence-electron chi connectivity index (χ2n) is 18.8. The van der Waals surface area contributed by atoms with Gasteiger partial charge in [0.2, 0.25) is 0 Å². The minimum absolute atomic E-state index is 0.419. The highest BCUT2D eigenvalue weighted by Crippen LogP contribution is 2.51. The van der Waals surface area contributed by atoms with E-state index >= 15 is 0 Å². The van der Waals surface area contributed by atoms with E-state index in [1.54, 1.807) is 0 Å². The maximum absolute atomic E-state index is 2.43. The zero-order valence-corrected chi connectivity index (χ0v) is 41.0. The fourth-order valence-corrected chi connectivity index (χ4v) is 13.3. The fraction of sp³-hybridized carbons (Fsp3) is 0.0294. The molecular weight excluding hydrogens is 909 g/mol. The van der Waals surface area contributed by atoms with Gasteiger partial charge in [-0.25, -0.2) is 0 Å². The molecule has 72 heavy (non-hydrogen) atoms. The zero-order chi connectivity index (χ0) is 47.5. The summed E-state index contributed by atoms with van der Waals surface area (Å²) in [6.07, 6.45) is 3.47. The number of benzene rings is 10. The number of allylic oxidation sites excluding steroid dienone is 1. The summed E-state index contributed by atoms with van der Waals surface area (Å²) in [5.74, 6) is 0. The first-order chi connectivity index (χ1) is 35.7. The summed E-state index contributed by atoms with van der Waals surface area (Å²) >= 11 is 3.93. The fourth-order valence-electron chi connectivity index (χ4n) is 10.9. The van der Waals surface area contributed by atoms with E-state index in [2.05, 4.69) is 270 Å². The second kappa shape index (κ2) is 17.8. The Labute approximate surface area is 427 Å². The van der Waals surface area contributed by atoms with Gasteiger partial charge in [-0.2, -0.15) is 0 Å². The zero-order valence-electron chi connectivity index (χ0n) is 39.3. The standard InChI is InChI=1S/C68H46N2S2/c1-3-11-45(12-4-1)47-27-33-55(34-28-47)69-61-17-9-7-15-57(61)59-43-53(31-37-63(59)69)49-19-23-51(24-20-49)65-39-41-67(71-65)68-42-40-66(72-68)52-25-21-50(22-26-52)54-32-38-64-60(44-54)58-16-8-10-18-62(58)70(64)56-35-29-48(30-36-56)46-13-5-2-6-14-46/h1-41,43-44,68H,42H2. The third kappa shape index (κ3) is 7.50. The molecule has 1 aliphatic rings. The van der Waals surface area contributed by atoms with Crippen LogP contribution in [0.4, 0.5) is 0 Å². The van der Waals surface area contributed by atoms with E-state index < -0.39 is 0 Å². The number of rotatable bonds is 9. The molecule has 0 radical (unpaired) electrons. The van der Waals surface area contributed by atoms with Crippen LogP contribution in [-0.4, -0.2) is 9.13 Å². The molecule has 13 aromatic rings. The van der Waals surface area contributed by atoms with Crippen molar-refractivity contribution in [3.8, 4) is 66.3 Å². The van der Waals surface area contributed by atoms with Gasteiger partial charge in [-0.05, 0) is 135 Å². The highest BCUT2D eigenvalue weighted by atomic mass is 32.2. The molecule has 0 aliphatic carbocycles. The molecule has 14 rings (SSSR count). The molecule has 1 unspecified atom stereocenters. The van der Waals surface area contributed by atoms with Crippen LogP contribution in [-0.2, 0) is 0 Å². The lowest BCUT2D eigenvalue weighted by molar-refractivity contribution is 1.02. The maximum atomic E-state index is 2.43. The average Bonchev–Trinajstić information content (AvgIpc) is 4.28. The Bertz CT molecular complexity index is 4160. The topological polar surface area (TPSA) is 9.86 Å². The second-order valence-corrected chi connectivity index (χ2v) is 21.1. The van der Waals surface area contributed by atoms with Gasteiger partial charge in [0, 0.05) is 52.8 Å². The summed E-state index contributed by atoms with van der Waals surface area (Å²) in [6, 6.07) is 93.5. The van der Waals surface area contributed by atoms with Gasteiger partial charge in [-0.1, -0.05) is 188 Å². The molecule has 4 heteroatoms. The van der Waals surface area contributed by atoms with Crippen LogP contribution in [0, 0.1) is 0 Å². The molecule has 10 aromatic carbocycles. The number of fused-ring (bicyclic) bond motifs is 6. The van der Waals surface area contributed by atoms with Crippen molar-refractivity contribution < 1.29 is 0 Å². The minimum atomic E-state index is 0.419. The van der Waals surface area contributed by atoms with Crippen molar-refractivity contribution in [3.05, 3.63) is 271 Å². The number of thiophene rings is 1. The van der Waals surface area contributed by atoms with Crippen molar-refractivity contribution in [3.63, 3.8) is 0 Å². The van der Waals surface area contributed by atoms with Crippen molar-refractivity contribution in [1.82, 2.24) is 9.13 Å². The van der Waals surface area contributed by atoms with E-state index in [4.69, 9.17) is 0 Å². The molecule has 2 nitrogen and oxygen atoms in total. The highest BCUT2D eigenvalue weighted by molar-refractivity contribution is 8.08. The predicted molar refractivity (Wildman–Crippen MR) is 310 cm³/mol. The third-order valence-electron chi connectivity index (χ3n) is 14.5. The Morgan fingerprint density at radius 2 is 0.694 bits per heavy atom. The summed E-state index contributed by atoms with van der Waals surface area (Å²) in [5, 5.41) is 5.48. The normalized spacial score (nSPS) is 13.7. The van der Waals surface area contributed by atoms with Crippen LogP contribution in [0.2, 0.25) is 0 Å². The predicted octanol–water partition coefficient (Wildman–Crippen LogP) is 19.5. The highest BCUT2D eigenvalue weighted by Gasteiger charge is 2.23. The van der Waals surface area contributed by atoms with Crippen molar-refractivity contribution in [2.24, 2.45) is 0 Å². The number of aromatic nitrogens is 2. The van der Waals surface area contributed by atoms with Crippen molar-refractivity contribution in [2.45, 2.75) is 11.7 Å². The summed E-state index contributed by atoms with van der Waals surface area (Å²) in [6.45, 7) is 0. The number of thioether (sulfide) groups is 1. The molecule has 0 spiro atoms. The monoisotopic (exact) mass is 954 g/mol. The van der Waals surface area contributed by atoms with Crippen molar-refractivity contribution in [2.75, 3.05) is 0 Å². The lowest BCUT2D eigenvalue weighted by Gasteiger charge is -2.10. The molecule has 0 saturated heterocycles. The van der Waals surface area contributed by atoms with Crippen LogP contribution < -0.4 is 0 Å². The lowest BCUT2D eigenvalue weighted by atomic mass is 10.0. The Hall–Kier alpha value is -8.41. The van der Waals surface area contributed by atoms with Crippen LogP contribution in [0.1, 0.15) is 22.1 Å². The van der Waals surface area contributed by atoms with Gasteiger partial charge in [-0.3, -0.25) is 0 Å². The van der Waals surface area contributed by atoms with Gasteiger partial charge in [0.05, 0.1) is 22.1 Å². The van der Waals surface area contributed by atoms with Crippen LogP contribution in [0.5, 0.6) is 0 Å². The molecule has 0 fully saturated rings. The van der Waals surface area contributed by atoms with E-state index in [1.807, 2.05) is 23.1 Å². The first-order valence-electron chi connectivity index (χ1n) is 24.7. The summed E-state index contributed by atoms with van der Waals surface area (Å²) in [5.41, 5.74) is 19.6. The molecular formula is C68H46N2S2. The molecule has 0 bridgehead atoms. The Morgan fingerprint density at radius 1 is 0.306 bits per heavy atom. The van der Waals surface area contributed by atoms with Crippen LogP contribution in [0.3, 0.4) is 0 Å². The van der Waals surface area contributed by atoms with E-state index in [1.165, 1.54) is 125 Å². The summed E-state index contributed by atoms with van der Waals surface area (Å²) in [4.78, 5) is 4.11. The van der Waals surface area contributed by atoms with Crippen molar-refractivity contribution in [1.29, 1.82) is 0 Å². The van der Waals surface area contributed by atoms with Crippen LogP contribution in [0.25, 0.3) is 115 Å². The molecule has 3 aromatic heterocycles. The molecule has 0 saturated carbocycles. The molecule has 0 amide bonds. The van der Waals surface area contributed by atoms with Gasteiger partial charge >= 0.3 is 0 Å². The minimum Gasteiger partial charge on any atom is -0.309 e. The summed E-state index contributed by atoms with van der Waals surface area (Å²) in [7, 11) is 0. The molecule has 4 heterocycles. The van der Waals surface area contributed by atoms with Crippen molar-refractivity contribution >= 4 is 71.6 Å². The smallest absolute Gasteiger partial charge is 0.0541 e. The van der Waals surface area contributed by atoms with Crippen LogP contribution in [0.15, 0.2) is 261 Å². The first-order valence-corrected chi connectivity index (χ1v) is 26.4. The SMILES string of the molecule is C1=C(c2ccc(-c3ccc4c(c3)c3ccccc3n4-c3ccc(-c4ccccc4)cc3)cc2)SC(c2ccc(-c3ccc(-c4ccc5c(c4)c4ccccc4n5-c4ccc(-c5ccccc5)cc4)cc3)s2)C1. The lowest BCUT2D eigenvalue weighted by Crippen LogP contribution is -1.93. The number of hydrogen-bond acceptors (Lipinski definition) is 2. The molecule has 0 N–H and O–H groups in total. The van der Waals surface area contributed by atoms with E-state index in [-0.39, 0.29) is 0 Å². The van der Waals surface area contributed by atoms with Gasteiger partial charge in [-0.15, -0.1) is 23.1 Å². The maximum Gasteiger partial charge on any atom is 0.0541 e.